The average Bonchev–Trinajstić information content (AvgIpc) is 3.22. The van der Waals surface area contributed by atoms with Crippen LogP contribution >= 0.6 is 0 Å². The maximum atomic E-state index is 13.0. The number of H-pyrrole nitrogens is 1. The number of nitrogens with zero attached hydrogens (tertiary/aromatic N) is 1. The Kier molecular flexibility index (Phi) is 5.39. The third-order valence-electron chi connectivity index (χ3n) is 5.52. The number of aromatic amines is 1. The van der Waals surface area contributed by atoms with Gasteiger partial charge >= 0.3 is 5.97 Å². The summed E-state index contributed by atoms with van der Waals surface area (Å²) in [7, 11) is -3.76. The Morgan fingerprint density at radius 2 is 1.94 bits per heavy atom. The molecule has 0 bridgehead atoms. The van der Waals surface area contributed by atoms with Crippen LogP contribution < -0.4 is 5.32 Å². The van der Waals surface area contributed by atoms with E-state index in [1.807, 2.05) is 6.07 Å². The van der Waals surface area contributed by atoms with E-state index in [-0.39, 0.29) is 21.8 Å². The summed E-state index contributed by atoms with van der Waals surface area (Å²) in [4.78, 5) is 27.1. The number of carboxylic acids is 1. The van der Waals surface area contributed by atoms with Gasteiger partial charge in [-0.2, -0.15) is 5.26 Å². The summed E-state index contributed by atoms with van der Waals surface area (Å²) in [5.41, 5.74) is 3.51. The third-order valence-corrected chi connectivity index (χ3v) is 7.21. The molecule has 1 aromatic heterocycles. The van der Waals surface area contributed by atoms with Crippen LogP contribution in [-0.4, -0.2) is 30.4 Å². The normalized spacial score (nSPS) is 14.1. The third kappa shape index (κ3) is 4.04. The van der Waals surface area contributed by atoms with Gasteiger partial charge in [0.1, 0.15) is 0 Å². The van der Waals surface area contributed by atoms with E-state index in [0.29, 0.717) is 39.3 Å². The van der Waals surface area contributed by atoms with Crippen LogP contribution in [0.4, 0.5) is 5.69 Å². The van der Waals surface area contributed by atoms with Crippen molar-refractivity contribution >= 4 is 39.1 Å². The number of sulfone groups is 1. The van der Waals surface area contributed by atoms with Crippen molar-refractivity contribution in [3.8, 4) is 6.07 Å². The number of nitrogens with one attached hydrogen (secondary N) is 2. The highest BCUT2D eigenvalue weighted by Crippen LogP contribution is 2.36. The van der Waals surface area contributed by atoms with Gasteiger partial charge in [-0.1, -0.05) is 12.1 Å². The van der Waals surface area contributed by atoms with E-state index in [1.54, 1.807) is 32.0 Å². The monoisotopic (exact) mass is 461 g/mol. The summed E-state index contributed by atoms with van der Waals surface area (Å²) in [6.45, 7) is 3.27. The number of benzene rings is 2. The van der Waals surface area contributed by atoms with Crippen LogP contribution in [0.2, 0.25) is 0 Å². The van der Waals surface area contributed by atoms with Gasteiger partial charge in [-0.3, -0.25) is 4.79 Å². The molecule has 4 rings (SSSR count). The van der Waals surface area contributed by atoms with E-state index in [4.69, 9.17) is 5.26 Å². The van der Waals surface area contributed by atoms with Crippen molar-refractivity contribution in [2.75, 3.05) is 5.32 Å². The molecule has 9 heteroatoms. The minimum atomic E-state index is -3.76. The van der Waals surface area contributed by atoms with Crippen LogP contribution in [-0.2, 0) is 20.4 Å². The van der Waals surface area contributed by atoms with Gasteiger partial charge in [0.05, 0.1) is 33.4 Å². The second kappa shape index (κ2) is 8.07. The van der Waals surface area contributed by atoms with Crippen molar-refractivity contribution < 1.29 is 23.1 Å². The van der Waals surface area contributed by atoms with Gasteiger partial charge in [-0.05, 0) is 61.4 Å². The highest BCUT2D eigenvalue weighted by molar-refractivity contribution is 7.90. The molecule has 0 spiro atoms. The lowest BCUT2D eigenvalue weighted by Gasteiger charge is -2.07. The van der Waals surface area contributed by atoms with Gasteiger partial charge in [0, 0.05) is 22.6 Å². The number of fused-ring (bicyclic) bond motifs is 1. The Balaban J connectivity index is 1.75. The molecule has 0 saturated carbocycles. The number of aromatic nitrogens is 1. The Bertz CT molecular complexity index is 1510. The van der Waals surface area contributed by atoms with E-state index >= 15 is 0 Å². The van der Waals surface area contributed by atoms with Gasteiger partial charge in [-0.15, -0.1) is 0 Å². The molecule has 1 aliphatic heterocycles. The summed E-state index contributed by atoms with van der Waals surface area (Å²) in [6.07, 6.45) is 1.53. The molecule has 166 valence electrons. The number of carbonyl (C=O) groups excluding carboxylic acids is 1. The molecule has 0 aliphatic carbocycles. The molecule has 3 N–H and O–H groups in total. The number of aryl methyl sites for hydroxylation is 1. The predicted octanol–water partition coefficient (Wildman–Crippen LogP) is 3.67. The number of anilines is 1. The van der Waals surface area contributed by atoms with Crippen molar-refractivity contribution in [1.29, 1.82) is 5.26 Å². The second-order valence-corrected chi connectivity index (χ2v) is 9.75. The highest BCUT2D eigenvalue weighted by atomic mass is 32.2. The van der Waals surface area contributed by atoms with Gasteiger partial charge < -0.3 is 15.4 Å². The fourth-order valence-corrected chi connectivity index (χ4v) is 5.28. The summed E-state index contributed by atoms with van der Waals surface area (Å²) in [6, 6.07) is 12.8. The minimum absolute atomic E-state index is 0.0385. The highest BCUT2D eigenvalue weighted by Gasteiger charge is 2.28. The molecule has 1 amide bonds. The number of nitriles is 1. The minimum Gasteiger partial charge on any atom is -0.478 e. The first kappa shape index (κ1) is 22.0. The first-order valence-electron chi connectivity index (χ1n) is 9.92. The largest absolute Gasteiger partial charge is 0.478 e. The SMILES string of the molecule is Cc1[nH]c(/C=C2\C(=O)Nc3ccc(S(=O)(=O)Cc4cccc(C#N)c4)cc32)c(C)c1C(=O)O. The van der Waals surface area contributed by atoms with Crippen molar-refractivity contribution in [3.63, 3.8) is 0 Å². The van der Waals surface area contributed by atoms with E-state index in [2.05, 4.69) is 10.3 Å². The van der Waals surface area contributed by atoms with Crippen LogP contribution in [0.15, 0.2) is 47.4 Å². The van der Waals surface area contributed by atoms with Gasteiger partial charge in [0.2, 0.25) is 0 Å². The molecule has 1 aliphatic rings. The van der Waals surface area contributed by atoms with Crippen molar-refractivity contribution in [3.05, 3.63) is 81.7 Å². The van der Waals surface area contributed by atoms with Crippen LogP contribution in [0.1, 0.15) is 44.0 Å². The number of carboxylic acid groups (broad SMARTS) is 1. The van der Waals surface area contributed by atoms with Crippen LogP contribution in [0.25, 0.3) is 11.6 Å². The van der Waals surface area contributed by atoms with E-state index in [9.17, 15) is 23.1 Å². The first-order chi connectivity index (χ1) is 15.6. The van der Waals surface area contributed by atoms with Crippen LogP contribution in [0.3, 0.4) is 0 Å². The van der Waals surface area contributed by atoms with E-state index in [0.717, 1.165) is 0 Å². The Morgan fingerprint density at radius 1 is 1.18 bits per heavy atom. The first-order valence-corrected chi connectivity index (χ1v) is 11.6. The fourth-order valence-electron chi connectivity index (χ4n) is 3.92. The number of aromatic carboxylic acids is 1. The predicted molar refractivity (Wildman–Crippen MR) is 122 cm³/mol. The molecule has 8 nitrogen and oxygen atoms in total. The van der Waals surface area contributed by atoms with Gasteiger partial charge in [0.15, 0.2) is 9.84 Å². The Hall–Kier alpha value is -4.16. The van der Waals surface area contributed by atoms with Crippen molar-refractivity contribution in [2.24, 2.45) is 0 Å². The van der Waals surface area contributed by atoms with Crippen LogP contribution in [0.5, 0.6) is 0 Å². The lowest BCUT2D eigenvalue weighted by molar-refractivity contribution is -0.110. The topological polar surface area (TPSA) is 140 Å². The number of rotatable bonds is 5. The molecular formula is C24H19N3O5S. The summed E-state index contributed by atoms with van der Waals surface area (Å²) < 4.78 is 26.1. The molecule has 3 aromatic rings. The molecule has 0 fully saturated rings. The zero-order valence-corrected chi connectivity index (χ0v) is 18.6. The molecule has 0 atom stereocenters. The number of hydrogen-bond donors (Lipinski definition) is 3. The lowest BCUT2D eigenvalue weighted by atomic mass is 10.0. The molecular weight excluding hydrogens is 442 g/mol. The van der Waals surface area contributed by atoms with Crippen LogP contribution in [0, 0.1) is 25.2 Å². The average molecular weight is 461 g/mol. The molecule has 0 saturated heterocycles. The second-order valence-electron chi connectivity index (χ2n) is 7.76. The summed E-state index contributed by atoms with van der Waals surface area (Å²) in [5, 5.41) is 21.2. The van der Waals surface area contributed by atoms with Gasteiger partial charge in [0.25, 0.3) is 5.91 Å². The summed E-state index contributed by atoms with van der Waals surface area (Å²) >= 11 is 0. The number of carbonyl (C=O) groups is 2. The standard InChI is InChI=1S/C24H19N3O5S/c1-13-21(26-14(2)22(13)24(29)30)10-19-18-9-17(6-7-20(18)27-23(19)28)33(31,32)12-16-5-3-4-15(8-16)11-25/h3-10,26H,12H2,1-2H3,(H,27,28)(H,29,30)/b19-10-. The Morgan fingerprint density at radius 3 is 2.61 bits per heavy atom. The van der Waals surface area contributed by atoms with E-state index in [1.165, 1.54) is 30.3 Å². The smallest absolute Gasteiger partial charge is 0.337 e. The van der Waals surface area contributed by atoms with E-state index < -0.39 is 21.7 Å². The molecule has 0 radical (unpaired) electrons. The molecule has 2 heterocycles. The zero-order valence-electron chi connectivity index (χ0n) is 17.8. The number of amides is 1. The maximum Gasteiger partial charge on any atom is 0.337 e. The molecule has 0 unspecified atom stereocenters. The lowest BCUT2D eigenvalue weighted by Crippen LogP contribution is -2.05. The van der Waals surface area contributed by atoms with Crippen molar-refractivity contribution in [1.82, 2.24) is 4.98 Å². The quantitative estimate of drug-likeness (QED) is 0.495. The maximum absolute atomic E-state index is 13.0. The number of hydrogen-bond acceptors (Lipinski definition) is 5. The Labute approximate surface area is 190 Å². The van der Waals surface area contributed by atoms with Gasteiger partial charge in [-0.25, -0.2) is 13.2 Å². The van der Waals surface area contributed by atoms with Crippen molar-refractivity contribution in [2.45, 2.75) is 24.5 Å². The fraction of sp³-hybridized carbons (Fsp3) is 0.125. The zero-order chi connectivity index (χ0) is 23.9. The summed E-state index contributed by atoms with van der Waals surface area (Å²) in [5.74, 6) is -1.78. The molecule has 2 aromatic carbocycles. The molecule has 33 heavy (non-hydrogen) atoms.